The van der Waals surface area contributed by atoms with Crippen LogP contribution in [0.4, 0.5) is 0 Å². The zero-order chi connectivity index (χ0) is 16.4. The lowest BCUT2D eigenvalue weighted by Gasteiger charge is -2.23. The van der Waals surface area contributed by atoms with Crippen LogP contribution in [0.2, 0.25) is 0 Å². The average Bonchev–Trinajstić information content (AvgIpc) is 3.21. The molecule has 1 aliphatic rings. The predicted molar refractivity (Wildman–Crippen MR) is 91.8 cm³/mol. The van der Waals surface area contributed by atoms with E-state index in [9.17, 15) is 0 Å². The number of nitrogens with zero attached hydrogens (tertiary/aromatic N) is 4. The van der Waals surface area contributed by atoms with Crippen molar-refractivity contribution < 1.29 is 4.42 Å². The fourth-order valence-corrected chi connectivity index (χ4v) is 3.25. The Labute approximate surface area is 141 Å². The van der Waals surface area contributed by atoms with E-state index in [2.05, 4.69) is 32.0 Å². The maximum atomic E-state index is 5.76. The maximum Gasteiger partial charge on any atom is 0.195 e. The molecule has 0 radical (unpaired) electrons. The first-order valence-electron chi connectivity index (χ1n) is 8.82. The first kappa shape index (κ1) is 15.3. The van der Waals surface area contributed by atoms with Gasteiger partial charge in [-0.2, -0.15) is 5.10 Å². The van der Waals surface area contributed by atoms with Crippen LogP contribution < -0.4 is 5.32 Å². The van der Waals surface area contributed by atoms with E-state index < -0.39 is 0 Å². The van der Waals surface area contributed by atoms with Gasteiger partial charge in [0.25, 0.3) is 0 Å². The van der Waals surface area contributed by atoms with Gasteiger partial charge >= 0.3 is 0 Å². The number of para-hydroxylation sites is 2. The van der Waals surface area contributed by atoms with Gasteiger partial charge in [0.1, 0.15) is 11.3 Å². The molecule has 1 aromatic carbocycles. The molecule has 0 aliphatic carbocycles. The van der Waals surface area contributed by atoms with E-state index in [1.165, 1.54) is 0 Å². The summed E-state index contributed by atoms with van der Waals surface area (Å²) < 4.78 is 7.83. The molecule has 0 unspecified atom stereocenters. The van der Waals surface area contributed by atoms with E-state index in [4.69, 9.17) is 4.42 Å². The summed E-state index contributed by atoms with van der Waals surface area (Å²) >= 11 is 0. The van der Waals surface area contributed by atoms with Gasteiger partial charge in [-0.1, -0.05) is 19.1 Å². The summed E-state index contributed by atoms with van der Waals surface area (Å²) in [5.41, 5.74) is 1.82. The summed E-state index contributed by atoms with van der Waals surface area (Å²) in [5, 5.41) is 8.20. The predicted octanol–water partition coefficient (Wildman–Crippen LogP) is 2.52. The summed E-state index contributed by atoms with van der Waals surface area (Å²) in [4.78, 5) is 9.09. The van der Waals surface area contributed by atoms with Gasteiger partial charge in [-0.05, 0) is 31.5 Å². The summed E-state index contributed by atoms with van der Waals surface area (Å²) in [5.74, 6) is 2.92. The van der Waals surface area contributed by atoms with Crippen LogP contribution >= 0.6 is 0 Å². The van der Waals surface area contributed by atoms with Crippen molar-refractivity contribution >= 4 is 11.1 Å². The van der Waals surface area contributed by atoms with Gasteiger partial charge in [-0.15, -0.1) is 0 Å². The molecule has 0 saturated heterocycles. The molecule has 6 nitrogen and oxygen atoms in total. The lowest BCUT2D eigenvalue weighted by atomic mass is 10.1. The molecule has 1 N–H and O–H groups in total. The lowest BCUT2D eigenvalue weighted by molar-refractivity contribution is 0.356. The maximum absolute atomic E-state index is 5.76. The van der Waals surface area contributed by atoms with Crippen LogP contribution in [0.3, 0.4) is 0 Å². The number of hydrogen-bond acceptors (Lipinski definition) is 5. The third kappa shape index (κ3) is 3.19. The monoisotopic (exact) mass is 325 g/mol. The number of fused-ring (bicyclic) bond motifs is 2. The first-order chi connectivity index (χ1) is 11.8. The summed E-state index contributed by atoms with van der Waals surface area (Å²) in [6.45, 7) is 3.99. The molecule has 4 rings (SSSR count). The fourth-order valence-electron chi connectivity index (χ4n) is 3.25. The van der Waals surface area contributed by atoms with Crippen LogP contribution in [0, 0.1) is 0 Å². The van der Waals surface area contributed by atoms with E-state index in [1.807, 2.05) is 24.3 Å². The van der Waals surface area contributed by atoms with E-state index in [-0.39, 0.29) is 0 Å². The highest BCUT2D eigenvalue weighted by atomic mass is 16.3. The van der Waals surface area contributed by atoms with Crippen LogP contribution in [0.15, 0.2) is 28.7 Å². The molecule has 24 heavy (non-hydrogen) atoms. The van der Waals surface area contributed by atoms with Gasteiger partial charge in [-0.25, -0.2) is 14.6 Å². The minimum absolute atomic E-state index is 0.479. The minimum atomic E-state index is 0.479. The molecule has 3 aromatic rings. The van der Waals surface area contributed by atoms with Crippen molar-refractivity contribution in [1.82, 2.24) is 25.1 Å². The Hall–Kier alpha value is -2.21. The second-order valence-electron chi connectivity index (χ2n) is 6.35. The number of aromatic nitrogens is 4. The summed E-state index contributed by atoms with van der Waals surface area (Å²) in [6.07, 6.45) is 4.93. The molecule has 0 amide bonds. The zero-order valence-corrected chi connectivity index (χ0v) is 14.0. The van der Waals surface area contributed by atoms with Crippen molar-refractivity contribution in [1.29, 1.82) is 0 Å². The Kier molecular flexibility index (Phi) is 4.30. The molecule has 6 heteroatoms. The van der Waals surface area contributed by atoms with Gasteiger partial charge in [-0.3, -0.25) is 0 Å². The van der Waals surface area contributed by atoms with E-state index in [0.717, 1.165) is 73.8 Å². The van der Waals surface area contributed by atoms with Crippen LogP contribution in [0.5, 0.6) is 0 Å². The molecule has 0 saturated carbocycles. The third-order valence-electron chi connectivity index (χ3n) is 4.56. The SMILES string of the molecule is CCc1nc2n(n1)C[C@@H](NCCCc1nc3ccccc3o1)CC2. The van der Waals surface area contributed by atoms with Crippen LogP contribution in [0.25, 0.3) is 11.1 Å². The fraction of sp³-hybridized carbons (Fsp3) is 0.500. The molecular formula is C18H23N5O. The second-order valence-corrected chi connectivity index (χ2v) is 6.35. The molecular weight excluding hydrogens is 302 g/mol. The quantitative estimate of drug-likeness (QED) is 0.705. The molecule has 126 valence electrons. The Balaban J connectivity index is 1.25. The molecule has 0 spiro atoms. The third-order valence-corrected chi connectivity index (χ3v) is 4.56. The van der Waals surface area contributed by atoms with E-state index >= 15 is 0 Å². The van der Waals surface area contributed by atoms with Crippen molar-refractivity contribution in [3.05, 3.63) is 41.8 Å². The second kappa shape index (κ2) is 6.73. The van der Waals surface area contributed by atoms with Crippen LogP contribution in [-0.2, 0) is 25.8 Å². The number of nitrogens with one attached hydrogen (secondary N) is 1. The summed E-state index contributed by atoms with van der Waals surface area (Å²) in [6, 6.07) is 8.40. The highest BCUT2D eigenvalue weighted by Crippen LogP contribution is 2.16. The number of oxazole rings is 1. The van der Waals surface area contributed by atoms with Gasteiger partial charge in [0.05, 0.1) is 6.54 Å². The highest BCUT2D eigenvalue weighted by Gasteiger charge is 2.20. The first-order valence-corrected chi connectivity index (χ1v) is 8.82. The largest absolute Gasteiger partial charge is 0.441 e. The molecule has 3 heterocycles. The molecule has 2 aromatic heterocycles. The van der Waals surface area contributed by atoms with Crippen molar-refractivity contribution in [3.8, 4) is 0 Å². The number of rotatable bonds is 6. The minimum Gasteiger partial charge on any atom is -0.441 e. The normalized spacial score (nSPS) is 17.3. The van der Waals surface area contributed by atoms with E-state index in [0.29, 0.717) is 6.04 Å². The summed E-state index contributed by atoms with van der Waals surface area (Å²) in [7, 11) is 0. The Morgan fingerprint density at radius 1 is 1.29 bits per heavy atom. The van der Waals surface area contributed by atoms with E-state index in [1.54, 1.807) is 0 Å². The van der Waals surface area contributed by atoms with Crippen LogP contribution in [0.1, 0.15) is 37.3 Å². The molecule has 1 aliphatic heterocycles. The Bertz CT molecular complexity index is 789. The van der Waals surface area contributed by atoms with Crippen molar-refractivity contribution in [2.24, 2.45) is 0 Å². The van der Waals surface area contributed by atoms with Gasteiger partial charge in [0.2, 0.25) is 0 Å². The topological polar surface area (TPSA) is 68.8 Å². The van der Waals surface area contributed by atoms with Crippen molar-refractivity contribution in [3.63, 3.8) is 0 Å². The molecule has 0 fully saturated rings. The average molecular weight is 325 g/mol. The highest BCUT2D eigenvalue weighted by molar-refractivity contribution is 5.72. The standard InChI is InChI=1S/C18H23N5O/c1-2-16-21-17-10-9-13(12-23(17)22-16)19-11-5-8-18-20-14-6-3-4-7-15(14)24-18/h3-4,6-7,13,19H,2,5,8-12H2,1H3/t13-/m0/s1. The van der Waals surface area contributed by atoms with Gasteiger partial charge < -0.3 is 9.73 Å². The molecule has 1 atom stereocenters. The van der Waals surface area contributed by atoms with Crippen molar-refractivity contribution in [2.75, 3.05) is 6.54 Å². The van der Waals surface area contributed by atoms with Gasteiger partial charge in [0.15, 0.2) is 17.3 Å². The Morgan fingerprint density at radius 2 is 2.21 bits per heavy atom. The number of benzene rings is 1. The number of aryl methyl sites for hydroxylation is 3. The Morgan fingerprint density at radius 3 is 3.08 bits per heavy atom. The van der Waals surface area contributed by atoms with Crippen LogP contribution in [-0.4, -0.2) is 32.3 Å². The zero-order valence-electron chi connectivity index (χ0n) is 14.0. The molecule has 0 bridgehead atoms. The smallest absolute Gasteiger partial charge is 0.195 e. The lowest BCUT2D eigenvalue weighted by Crippen LogP contribution is -2.38. The van der Waals surface area contributed by atoms with Crippen molar-refractivity contribution in [2.45, 2.75) is 51.6 Å². The number of hydrogen-bond donors (Lipinski definition) is 1. The van der Waals surface area contributed by atoms with Gasteiger partial charge in [0, 0.05) is 25.3 Å².